The molecule has 0 radical (unpaired) electrons. The van der Waals surface area contributed by atoms with Crippen LogP contribution in [-0.2, 0) is 6.42 Å². The molecule has 1 unspecified atom stereocenters. The van der Waals surface area contributed by atoms with Crippen molar-refractivity contribution < 1.29 is 0 Å². The molecule has 0 amide bonds. The minimum atomic E-state index is 0.289. The van der Waals surface area contributed by atoms with Crippen molar-refractivity contribution in [2.24, 2.45) is 11.1 Å². The molecule has 18 heavy (non-hydrogen) atoms. The molecule has 0 aromatic heterocycles. The lowest BCUT2D eigenvalue weighted by Crippen LogP contribution is -2.36. The number of nitrogens with one attached hydrogen (secondary N) is 1. The van der Waals surface area contributed by atoms with Gasteiger partial charge in [-0.3, -0.25) is 5.41 Å². The third-order valence-electron chi connectivity index (χ3n) is 4.38. The Balaban J connectivity index is 1.79. The van der Waals surface area contributed by atoms with Gasteiger partial charge in [-0.1, -0.05) is 18.2 Å². The molecule has 1 aromatic rings. The monoisotopic (exact) mass is 243 g/mol. The highest BCUT2D eigenvalue weighted by atomic mass is 15.2. The molecular formula is C15H21N3. The Morgan fingerprint density at radius 3 is 2.83 bits per heavy atom. The molecule has 3 heteroatoms. The Morgan fingerprint density at radius 2 is 2.17 bits per heavy atom. The lowest BCUT2D eigenvalue weighted by atomic mass is 10.0. The fourth-order valence-electron chi connectivity index (χ4n) is 3.20. The molecule has 96 valence electrons. The SMILES string of the molecule is CC1Cc2ccccc2N1CC1(CC(=N)N)CC1. The first-order chi connectivity index (χ1) is 8.60. The number of benzene rings is 1. The summed E-state index contributed by atoms with van der Waals surface area (Å²) in [6, 6.07) is 9.28. The number of rotatable bonds is 4. The van der Waals surface area contributed by atoms with Crippen LogP contribution in [0.1, 0.15) is 31.7 Å². The molecule has 3 rings (SSSR count). The lowest BCUT2D eigenvalue weighted by molar-refractivity contribution is 0.493. The third kappa shape index (κ3) is 1.98. The van der Waals surface area contributed by atoms with Gasteiger partial charge < -0.3 is 10.6 Å². The van der Waals surface area contributed by atoms with Crippen molar-refractivity contribution in [3.8, 4) is 0 Å². The first-order valence-electron chi connectivity index (χ1n) is 6.77. The number of hydrogen-bond acceptors (Lipinski definition) is 2. The van der Waals surface area contributed by atoms with Crippen LogP contribution >= 0.6 is 0 Å². The van der Waals surface area contributed by atoms with E-state index < -0.39 is 0 Å². The van der Waals surface area contributed by atoms with Crippen molar-refractivity contribution in [3.63, 3.8) is 0 Å². The Labute approximate surface area is 108 Å². The molecule has 2 aliphatic rings. The second-order valence-electron chi connectivity index (χ2n) is 6.01. The molecule has 1 saturated carbocycles. The highest BCUT2D eigenvalue weighted by molar-refractivity contribution is 5.78. The number of amidine groups is 1. The summed E-state index contributed by atoms with van der Waals surface area (Å²) >= 11 is 0. The molecule has 1 atom stereocenters. The summed E-state index contributed by atoms with van der Waals surface area (Å²) in [5.74, 6) is 0.340. The zero-order valence-corrected chi connectivity index (χ0v) is 10.9. The molecule has 3 N–H and O–H groups in total. The number of anilines is 1. The highest BCUT2D eigenvalue weighted by Gasteiger charge is 2.46. The van der Waals surface area contributed by atoms with Crippen molar-refractivity contribution in [3.05, 3.63) is 29.8 Å². The summed E-state index contributed by atoms with van der Waals surface area (Å²) < 4.78 is 0. The Kier molecular flexibility index (Phi) is 2.58. The van der Waals surface area contributed by atoms with Crippen LogP contribution in [0.2, 0.25) is 0 Å². The normalized spacial score (nSPS) is 23.8. The Bertz CT molecular complexity index is 476. The van der Waals surface area contributed by atoms with Gasteiger partial charge in [0.1, 0.15) is 0 Å². The zero-order chi connectivity index (χ0) is 12.8. The van der Waals surface area contributed by atoms with E-state index in [0.29, 0.717) is 11.9 Å². The van der Waals surface area contributed by atoms with Crippen LogP contribution in [0.3, 0.4) is 0 Å². The minimum Gasteiger partial charge on any atom is -0.388 e. The Morgan fingerprint density at radius 1 is 1.44 bits per heavy atom. The van der Waals surface area contributed by atoms with Gasteiger partial charge in [0.25, 0.3) is 0 Å². The molecule has 0 saturated heterocycles. The standard InChI is InChI=1S/C15H21N3/c1-11-8-12-4-2-3-5-13(12)18(11)10-15(6-7-15)9-14(16)17/h2-5,11H,6-10H2,1H3,(H3,16,17). The summed E-state index contributed by atoms with van der Waals surface area (Å²) in [5, 5.41) is 7.52. The van der Waals surface area contributed by atoms with Gasteiger partial charge in [-0.25, -0.2) is 0 Å². The number of nitrogens with zero attached hydrogens (tertiary/aromatic N) is 1. The van der Waals surface area contributed by atoms with Crippen LogP contribution in [0.4, 0.5) is 5.69 Å². The maximum absolute atomic E-state index is 7.52. The van der Waals surface area contributed by atoms with E-state index in [1.54, 1.807) is 0 Å². The lowest BCUT2D eigenvalue weighted by Gasteiger charge is -2.29. The highest BCUT2D eigenvalue weighted by Crippen LogP contribution is 2.51. The summed E-state index contributed by atoms with van der Waals surface area (Å²) in [5.41, 5.74) is 8.73. The zero-order valence-electron chi connectivity index (χ0n) is 10.9. The predicted molar refractivity (Wildman–Crippen MR) is 75.2 cm³/mol. The van der Waals surface area contributed by atoms with Gasteiger partial charge >= 0.3 is 0 Å². The van der Waals surface area contributed by atoms with Gasteiger partial charge in [-0.05, 0) is 43.2 Å². The maximum Gasteiger partial charge on any atom is 0.0911 e. The van der Waals surface area contributed by atoms with E-state index in [2.05, 4.69) is 36.1 Å². The van der Waals surface area contributed by atoms with E-state index in [-0.39, 0.29) is 5.41 Å². The van der Waals surface area contributed by atoms with E-state index in [1.165, 1.54) is 24.1 Å². The predicted octanol–water partition coefficient (Wildman–Crippen LogP) is 2.54. The topological polar surface area (TPSA) is 53.1 Å². The van der Waals surface area contributed by atoms with Crippen LogP contribution in [-0.4, -0.2) is 18.4 Å². The van der Waals surface area contributed by atoms with Crippen molar-refractivity contribution in [1.82, 2.24) is 0 Å². The number of nitrogens with two attached hydrogens (primary N) is 1. The van der Waals surface area contributed by atoms with E-state index in [0.717, 1.165) is 19.4 Å². The van der Waals surface area contributed by atoms with Gasteiger partial charge in [0, 0.05) is 24.7 Å². The molecule has 1 aromatic carbocycles. The van der Waals surface area contributed by atoms with E-state index in [1.807, 2.05) is 0 Å². The summed E-state index contributed by atoms with van der Waals surface area (Å²) in [6.07, 6.45) is 4.35. The van der Waals surface area contributed by atoms with Crippen LogP contribution in [0, 0.1) is 10.8 Å². The molecule has 3 nitrogen and oxygen atoms in total. The average molecular weight is 243 g/mol. The average Bonchev–Trinajstić information content (AvgIpc) is 2.98. The second kappa shape index (κ2) is 4.01. The largest absolute Gasteiger partial charge is 0.388 e. The molecular weight excluding hydrogens is 222 g/mol. The van der Waals surface area contributed by atoms with Gasteiger partial charge in [0.2, 0.25) is 0 Å². The van der Waals surface area contributed by atoms with E-state index in [9.17, 15) is 0 Å². The van der Waals surface area contributed by atoms with Gasteiger partial charge in [-0.15, -0.1) is 0 Å². The van der Waals surface area contributed by atoms with Crippen LogP contribution in [0.5, 0.6) is 0 Å². The molecule has 0 bridgehead atoms. The first kappa shape index (κ1) is 11.6. The summed E-state index contributed by atoms with van der Waals surface area (Å²) in [4.78, 5) is 2.52. The van der Waals surface area contributed by atoms with Gasteiger partial charge in [0.05, 0.1) is 5.84 Å². The molecule has 1 heterocycles. The quantitative estimate of drug-likeness (QED) is 0.630. The van der Waals surface area contributed by atoms with E-state index in [4.69, 9.17) is 11.1 Å². The van der Waals surface area contributed by atoms with Gasteiger partial charge in [0.15, 0.2) is 0 Å². The fraction of sp³-hybridized carbons (Fsp3) is 0.533. The molecule has 1 fully saturated rings. The molecule has 0 spiro atoms. The van der Waals surface area contributed by atoms with Crippen LogP contribution in [0.15, 0.2) is 24.3 Å². The van der Waals surface area contributed by atoms with Crippen molar-refractivity contribution in [1.29, 1.82) is 5.41 Å². The summed E-state index contributed by atoms with van der Waals surface area (Å²) in [7, 11) is 0. The fourth-order valence-corrected chi connectivity index (χ4v) is 3.20. The maximum atomic E-state index is 7.52. The molecule has 1 aliphatic carbocycles. The first-order valence-corrected chi connectivity index (χ1v) is 6.77. The number of para-hydroxylation sites is 1. The van der Waals surface area contributed by atoms with Crippen molar-refractivity contribution in [2.45, 2.75) is 38.6 Å². The van der Waals surface area contributed by atoms with Crippen LogP contribution in [0.25, 0.3) is 0 Å². The van der Waals surface area contributed by atoms with E-state index >= 15 is 0 Å². The van der Waals surface area contributed by atoms with Crippen LogP contribution < -0.4 is 10.6 Å². The molecule has 1 aliphatic heterocycles. The number of fused-ring (bicyclic) bond motifs is 1. The summed E-state index contributed by atoms with van der Waals surface area (Å²) in [6.45, 7) is 3.36. The smallest absolute Gasteiger partial charge is 0.0911 e. The van der Waals surface area contributed by atoms with Crippen molar-refractivity contribution >= 4 is 11.5 Å². The minimum absolute atomic E-state index is 0.289. The van der Waals surface area contributed by atoms with Gasteiger partial charge in [-0.2, -0.15) is 0 Å². The Hall–Kier alpha value is -1.51. The van der Waals surface area contributed by atoms with Crippen molar-refractivity contribution in [2.75, 3.05) is 11.4 Å². The number of hydrogen-bond donors (Lipinski definition) is 2. The third-order valence-corrected chi connectivity index (χ3v) is 4.38. The second-order valence-corrected chi connectivity index (χ2v) is 6.01.